The molecule has 3 rings (SSSR count). The Morgan fingerprint density at radius 3 is 3.00 bits per heavy atom. The fourth-order valence-corrected chi connectivity index (χ4v) is 3.56. The summed E-state index contributed by atoms with van der Waals surface area (Å²) in [5.41, 5.74) is 5.55. The van der Waals surface area contributed by atoms with Crippen LogP contribution in [0.3, 0.4) is 0 Å². The summed E-state index contributed by atoms with van der Waals surface area (Å²) in [5.74, 6) is 0.375. The van der Waals surface area contributed by atoms with Gasteiger partial charge in [-0.3, -0.25) is 9.59 Å². The molecular formula is C12H16N4O2S. The van der Waals surface area contributed by atoms with Crippen LogP contribution >= 0.6 is 11.3 Å². The van der Waals surface area contributed by atoms with E-state index < -0.39 is 0 Å². The zero-order valence-corrected chi connectivity index (χ0v) is 11.5. The van der Waals surface area contributed by atoms with Crippen LogP contribution in [0.2, 0.25) is 0 Å². The molecule has 2 saturated heterocycles. The van der Waals surface area contributed by atoms with Gasteiger partial charge in [0.1, 0.15) is 4.88 Å². The Labute approximate surface area is 115 Å². The van der Waals surface area contributed by atoms with Crippen molar-refractivity contribution in [3.8, 4) is 0 Å². The summed E-state index contributed by atoms with van der Waals surface area (Å²) >= 11 is 1.20. The van der Waals surface area contributed by atoms with E-state index in [1.54, 1.807) is 9.80 Å². The van der Waals surface area contributed by atoms with E-state index in [9.17, 15) is 9.59 Å². The predicted molar refractivity (Wildman–Crippen MR) is 71.7 cm³/mol. The lowest BCUT2D eigenvalue weighted by molar-refractivity contribution is -0.137. The number of carbonyl (C=O) groups is 2. The fourth-order valence-electron chi connectivity index (χ4n) is 2.90. The highest BCUT2D eigenvalue weighted by Gasteiger charge is 2.43. The first kappa shape index (κ1) is 12.4. The maximum absolute atomic E-state index is 12.3. The predicted octanol–water partition coefficient (Wildman–Crippen LogP) is 0.276. The molecule has 1 aromatic heterocycles. The van der Waals surface area contributed by atoms with Crippen molar-refractivity contribution in [2.75, 3.05) is 32.4 Å². The molecule has 0 unspecified atom stereocenters. The van der Waals surface area contributed by atoms with Crippen molar-refractivity contribution in [2.24, 2.45) is 11.8 Å². The third-order valence-corrected chi connectivity index (χ3v) is 4.81. The second-order valence-electron chi connectivity index (χ2n) is 5.19. The van der Waals surface area contributed by atoms with Crippen LogP contribution < -0.4 is 5.73 Å². The Balaban J connectivity index is 1.75. The highest BCUT2D eigenvalue weighted by atomic mass is 32.1. The number of aromatic nitrogens is 1. The van der Waals surface area contributed by atoms with E-state index in [2.05, 4.69) is 4.98 Å². The lowest BCUT2D eigenvalue weighted by atomic mass is 9.88. The van der Waals surface area contributed by atoms with Crippen molar-refractivity contribution in [1.82, 2.24) is 14.8 Å². The zero-order valence-electron chi connectivity index (χ0n) is 10.7. The normalized spacial score (nSPS) is 26.7. The summed E-state index contributed by atoms with van der Waals surface area (Å²) in [5, 5.41) is 0.399. The molecule has 2 fully saturated rings. The first-order chi connectivity index (χ1) is 9.06. The number of carbonyl (C=O) groups excluding carboxylic acids is 2. The van der Waals surface area contributed by atoms with Crippen LogP contribution in [0, 0.1) is 11.8 Å². The van der Waals surface area contributed by atoms with Gasteiger partial charge in [-0.15, -0.1) is 0 Å². The molecular weight excluding hydrogens is 264 g/mol. The molecule has 0 spiro atoms. The SMILES string of the molecule is CN1CC[C@@H]2CN(C(=O)c3cnc(N)s3)C[C@@H]2C1=O. The average molecular weight is 280 g/mol. The molecule has 102 valence electrons. The number of likely N-dealkylation sites (tertiary alicyclic amines) is 2. The smallest absolute Gasteiger partial charge is 0.265 e. The number of nitrogen functional groups attached to an aromatic ring is 1. The lowest BCUT2D eigenvalue weighted by Gasteiger charge is -2.30. The second kappa shape index (κ2) is 4.48. The molecule has 0 aliphatic carbocycles. The third kappa shape index (κ3) is 2.07. The van der Waals surface area contributed by atoms with Gasteiger partial charge in [0.05, 0.1) is 12.1 Å². The van der Waals surface area contributed by atoms with Gasteiger partial charge in [0.2, 0.25) is 5.91 Å². The monoisotopic (exact) mass is 280 g/mol. The zero-order chi connectivity index (χ0) is 13.6. The van der Waals surface area contributed by atoms with Gasteiger partial charge in [-0.05, 0) is 12.3 Å². The van der Waals surface area contributed by atoms with E-state index in [4.69, 9.17) is 5.73 Å². The minimum absolute atomic E-state index is 0.0343. The van der Waals surface area contributed by atoms with Crippen LogP contribution in [0.15, 0.2) is 6.20 Å². The number of nitrogens with zero attached hydrogens (tertiary/aromatic N) is 3. The summed E-state index contributed by atoms with van der Waals surface area (Å²) in [6, 6.07) is 0. The van der Waals surface area contributed by atoms with Gasteiger partial charge in [-0.25, -0.2) is 4.98 Å². The van der Waals surface area contributed by atoms with Gasteiger partial charge in [-0.1, -0.05) is 11.3 Å². The molecule has 7 heteroatoms. The van der Waals surface area contributed by atoms with Crippen molar-refractivity contribution < 1.29 is 9.59 Å². The van der Waals surface area contributed by atoms with Crippen LogP contribution in [0.5, 0.6) is 0 Å². The molecule has 1 aromatic rings. The quantitative estimate of drug-likeness (QED) is 0.801. The molecule has 2 N–H and O–H groups in total. The molecule has 0 radical (unpaired) electrons. The van der Waals surface area contributed by atoms with Gasteiger partial charge >= 0.3 is 0 Å². The number of piperidine rings is 1. The molecule has 3 heterocycles. The number of anilines is 1. The van der Waals surface area contributed by atoms with E-state index in [-0.39, 0.29) is 17.7 Å². The minimum Gasteiger partial charge on any atom is -0.375 e. The summed E-state index contributed by atoms with van der Waals surface area (Å²) in [7, 11) is 1.83. The first-order valence-corrected chi connectivity index (χ1v) is 7.13. The number of fused-ring (bicyclic) bond motifs is 1. The Bertz CT molecular complexity index is 530. The van der Waals surface area contributed by atoms with Crippen LogP contribution in [0.4, 0.5) is 5.13 Å². The largest absolute Gasteiger partial charge is 0.375 e. The molecule has 2 amide bonds. The lowest BCUT2D eigenvalue weighted by Crippen LogP contribution is -2.42. The third-order valence-electron chi connectivity index (χ3n) is 3.99. The van der Waals surface area contributed by atoms with Gasteiger partial charge in [0.15, 0.2) is 5.13 Å². The first-order valence-electron chi connectivity index (χ1n) is 6.32. The highest BCUT2D eigenvalue weighted by molar-refractivity contribution is 7.17. The van der Waals surface area contributed by atoms with Crippen LogP contribution in [0.1, 0.15) is 16.1 Å². The van der Waals surface area contributed by atoms with Crippen molar-refractivity contribution in [1.29, 1.82) is 0 Å². The van der Waals surface area contributed by atoms with Gasteiger partial charge in [0.25, 0.3) is 5.91 Å². The number of hydrogen-bond acceptors (Lipinski definition) is 5. The minimum atomic E-state index is -0.0564. The second-order valence-corrected chi connectivity index (χ2v) is 6.25. The molecule has 6 nitrogen and oxygen atoms in total. The molecule has 0 bridgehead atoms. The summed E-state index contributed by atoms with van der Waals surface area (Å²) < 4.78 is 0. The summed E-state index contributed by atoms with van der Waals surface area (Å²) in [6.07, 6.45) is 2.49. The highest BCUT2D eigenvalue weighted by Crippen LogP contribution is 2.32. The number of thiazole rings is 1. The maximum Gasteiger partial charge on any atom is 0.265 e. The molecule has 0 saturated carbocycles. The van der Waals surface area contributed by atoms with Gasteiger partial charge < -0.3 is 15.5 Å². The standard InChI is InChI=1S/C12H16N4O2S/c1-15-3-2-7-5-16(6-8(7)10(15)17)11(18)9-4-14-12(13)19-9/h4,7-8H,2-3,5-6H2,1H3,(H2,13,14)/t7-,8+/m1/s1. The van der Waals surface area contributed by atoms with Crippen LogP contribution in [0.25, 0.3) is 0 Å². The number of amides is 2. The van der Waals surface area contributed by atoms with Gasteiger partial charge in [-0.2, -0.15) is 0 Å². The maximum atomic E-state index is 12.3. The molecule has 2 aliphatic rings. The topological polar surface area (TPSA) is 79.5 Å². The number of hydrogen-bond donors (Lipinski definition) is 1. The van der Waals surface area contributed by atoms with Gasteiger partial charge in [0, 0.05) is 26.7 Å². The number of nitrogens with two attached hydrogens (primary N) is 1. The van der Waals surface area contributed by atoms with Crippen molar-refractivity contribution in [3.05, 3.63) is 11.1 Å². The van der Waals surface area contributed by atoms with Crippen molar-refractivity contribution in [3.63, 3.8) is 0 Å². The van der Waals surface area contributed by atoms with E-state index in [1.807, 2.05) is 7.05 Å². The van der Waals surface area contributed by atoms with E-state index in [0.29, 0.717) is 29.0 Å². The Morgan fingerprint density at radius 2 is 2.32 bits per heavy atom. The summed E-state index contributed by atoms with van der Waals surface area (Å²) in [4.78, 5) is 32.4. The average Bonchev–Trinajstić information content (AvgIpc) is 2.99. The van der Waals surface area contributed by atoms with E-state index in [0.717, 1.165) is 13.0 Å². The van der Waals surface area contributed by atoms with Crippen LogP contribution in [-0.2, 0) is 4.79 Å². The Morgan fingerprint density at radius 1 is 1.53 bits per heavy atom. The molecule has 2 aliphatic heterocycles. The molecule has 0 aromatic carbocycles. The van der Waals surface area contributed by atoms with E-state index >= 15 is 0 Å². The molecule has 19 heavy (non-hydrogen) atoms. The van der Waals surface area contributed by atoms with Crippen molar-refractivity contribution >= 4 is 28.3 Å². The summed E-state index contributed by atoms with van der Waals surface area (Å²) in [6.45, 7) is 1.97. The fraction of sp³-hybridized carbons (Fsp3) is 0.583. The molecule has 2 atom stereocenters. The Kier molecular flexibility index (Phi) is 2.93. The Hall–Kier alpha value is -1.63. The van der Waals surface area contributed by atoms with E-state index in [1.165, 1.54) is 17.5 Å². The number of rotatable bonds is 1. The van der Waals surface area contributed by atoms with Crippen molar-refractivity contribution in [2.45, 2.75) is 6.42 Å². The van der Waals surface area contributed by atoms with Crippen LogP contribution in [-0.4, -0.2) is 53.3 Å².